The van der Waals surface area contributed by atoms with Crippen LogP contribution in [0.5, 0.6) is 0 Å². The lowest BCUT2D eigenvalue weighted by Gasteiger charge is -2.51. The number of thiazole rings is 1. The Labute approximate surface area is 205 Å². The number of fused-ring (bicyclic) bond motifs is 1. The Morgan fingerprint density at radius 2 is 1.94 bits per heavy atom. The van der Waals surface area contributed by atoms with E-state index in [4.69, 9.17) is 4.98 Å². The molecule has 1 amide bonds. The number of carbonyl (C=O) groups is 1. The standard InChI is InChI=1S/C28H32N4OS/c1-18-25(34-26(30-18)20-12-8-9-15-29-20)27(33)32-22(16-19-10-4-3-5-11-19)21-17-28(2)23(31-21)13-6-7-14-24(28)32/h3-5,8-12,15,21-24,31H,6-7,13-14,16-17H2,1-2H3/t21-,22-,23-,24+,28-/m0/s1. The van der Waals surface area contributed by atoms with E-state index in [0.29, 0.717) is 12.1 Å². The average Bonchev–Trinajstić information content (AvgIpc) is 3.34. The van der Waals surface area contributed by atoms with E-state index in [-0.39, 0.29) is 23.4 Å². The Morgan fingerprint density at radius 1 is 1.15 bits per heavy atom. The Kier molecular flexibility index (Phi) is 5.53. The molecule has 1 N–H and O–H groups in total. The van der Waals surface area contributed by atoms with Crippen molar-refractivity contribution >= 4 is 17.2 Å². The zero-order chi connectivity index (χ0) is 23.3. The first-order chi connectivity index (χ1) is 16.5. The van der Waals surface area contributed by atoms with Crippen LogP contribution in [-0.2, 0) is 6.42 Å². The van der Waals surface area contributed by atoms with Gasteiger partial charge in [-0.25, -0.2) is 4.98 Å². The van der Waals surface area contributed by atoms with Crippen molar-refractivity contribution in [2.75, 3.05) is 0 Å². The van der Waals surface area contributed by atoms with Crippen molar-refractivity contribution in [1.29, 1.82) is 0 Å². The molecule has 5 nitrogen and oxygen atoms in total. The first kappa shape index (κ1) is 21.9. The van der Waals surface area contributed by atoms with E-state index in [1.165, 1.54) is 36.2 Å². The summed E-state index contributed by atoms with van der Waals surface area (Å²) >= 11 is 1.50. The molecule has 6 rings (SSSR count). The van der Waals surface area contributed by atoms with Gasteiger partial charge in [-0.2, -0.15) is 0 Å². The summed E-state index contributed by atoms with van der Waals surface area (Å²) in [6.07, 6.45) is 8.55. The van der Waals surface area contributed by atoms with Gasteiger partial charge in [-0.1, -0.05) is 56.2 Å². The Morgan fingerprint density at radius 3 is 2.74 bits per heavy atom. The van der Waals surface area contributed by atoms with Crippen LogP contribution in [-0.4, -0.2) is 44.9 Å². The van der Waals surface area contributed by atoms with Gasteiger partial charge in [0.2, 0.25) is 0 Å². The number of hydrogen-bond donors (Lipinski definition) is 1. The van der Waals surface area contributed by atoms with Crippen LogP contribution in [0.1, 0.15) is 60.0 Å². The van der Waals surface area contributed by atoms with Crippen LogP contribution in [0.4, 0.5) is 0 Å². The smallest absolute Gasteiger partial charge is 0.266 e. The molecule has 6 heteroatoms. The molecule has 0 radical (unpaired) electrons. The molecule has 1 saturated carbocycles. The van der Waals surface area contributed by atoms with Gasteiger partial charge in [0, 0.05) is 29.7 Å². The van der Waals surface area contributed by atoms with Crippen molar-refractivity contribution in [2.24, 2.45) is 5.41 Å². The van der Waals surface area contributed by atoms with E-state index in [0.717, 1.165) is 40.5 Å². The van der Waals surface area contributed by atoms with Crippen molar-refractivity contribution in [1.82, 2.24) is 20.2 Å². The van der Waals surface area contributed by atoms with E-state index >= 15 is 0 Å². The Bertz CT molecular complexity index is 1180. The first-order valence-corrected chi connectivity index (χ1v) is 13.4. The lowest BCUT2D eigenvalue weighted by atomic mass is 9.69. The Balaban J connectivity index is 1.41. The number of hydrogen-bond acceptors (Lipinski definition) is 5. The van der Waals surface area contributed by atoms with Crippen molar-refractivity contribution in [3.63, 3.8) is 0 Å². The number of nitrogens with one attached hydrogen (secondary N) is 1. The third-order valence-electron chi connectivity index (χ3n) is 8.41. The fourth-order valence-corrected chi connectivity index (χ4v) is 7.74. The molecule has 3 fully saturated rings. The molecule has 176 valence electrons. The number of aryl methyl sites for hydroxylation is 1. The van der Waals surface area contributed by atoms with Gasteiger partial charge in [0.25, 0.3) is 5.91 Å². The summed E-state index contributed by atoms with van der Waals surface area (Å²) in [5.41, 5.74) is 3.07. The van der Waals surface area contributed by atoms with Gasteiger partial charge in [-0.15, -0.1) is 11.3 Å². The number of aromatic nitrogens is 2. The molecule has 2 aliphatic heterocycles. The highest BCUT2D eigenvalue weighted by atomic mass is 32.1. The SMILES string of the molecule is Cc1nc(-c2ccccn2)sc1C(=O)N1[C@@H](Cc2ccccc2)[C@@H]2C[C@@]3(C)[C@H](CCCC[C@@H]13)N2. The zero-order valence-corrected chi connectivity index (χ0v) is 20.7. The zero-order valence-electron chi connectivity index (χ0n) is 19.9. The predicted octanol–water partition coefficient (Wildman–Crippen LogP) is 5.26. The van der Waals surface area contributed by atoms with E-state index in [1.807, 2.05) is 25.1 Å². The molecule has 3 aromatic rings. The molecule has 3 aliphatic rings. The minimum absolute atomic E-state index is 0.131. The molecular formula is C28H32N4OS. The van der Waals surface area contributed by atoms with Crippen LogP contribution in [0.15, 0.2) is 54.7 Å². The van der Waals surface area contributed by atoms with E-state index in [1.54, 1.807) is 6.20 Å². The molecule has 4 heterocycles. The van der Waals surface area contributed by atoms with E-state index < -0.39 is 0 Å². The minimum atomic E-state index is 0.131. The maximum absolute atomic E-state index is 14.4. The molecule has 1 aromatic carbocycles. The number of nitrogens with zero attached hydrogens (tertiary/aromatic N) is 3. The molecule has 0 spiro atoms. The summed E-state index contributed by atoms with van der Waals surface area (Å²) in [5, 5.41) is 4.82. The third kappa shape index (κ3) is 3.59. The lowest BCUT2D eigenvalue weighted by Crippen LogP contribution is -2.61. The van der Waals surface area contributed by atoms with Crippen molar-refractivity contribution in [3.05, 3.63) is 70.9 Å². The van der Waals surface area contributed by atoms with Crippen molar-refractivity contribution in [3.8, 4) is 10.7 Å². The number of amides is 1. The number of likely N-dealkylation sites (tertiary alicyclic amines) is 1. The summed E-state index contributed by atoms with van der Waals surface area (Å²) in [4.78, 5) is 26.7. The van der Waals surface area contributed by atoms with Crippen LogP contribution in [0.3, 0.4) is 0 Å². The maximum atomic E-state index is 14.4. The number of pyridine rings is 1. The molecular weight excluding hydrogens is 440 g/mol. The fraction of sp³-hybridized carbons (Fsp3) is 0.464. The molecule has 2 aromatic heterocycles. The van der Waals surface area contributed by atoms with Gasteiger partial charge >= 0.3 is 0 Å². The quantitative estimate of drug-likeness (QED) is 0.563. The highest BCUT2D eigenvalue weighted by Gasteiger charge is 2.59. The van der Waals surface area contributed by atoms with Gasteiger partial charge in [0.15, 0.2) is 0 Å². The molecule has 0 unspecified atom stereocenters. The molecule has 2 saturated heterocycles. The summed E-state index contributed by atoms with van der Waals surface area (Å²) in [6.45, 7) is 4.40. The number of benzene rings is 1. The van der Waals surface area contributed by atoms with Gasteiger partial charge in [-0.05, 0) is 50.3 Å². The van der Waals surface area contributed by atoms with Crippen LogP contribution < -0.4 is 5.32 Å². The summed E-state index contributed by atoms with van der Waals surface area (Å²) in [5.74, 6) is 0.156. The second kappa shape index (κ2) is 8.58. The molecule has 5 atom stereocenters. The topological polar surface area (TPSA) is 58.1 Å². The fourth-order valence-electron chi connectivity index (χ4n) is 6.75. The van der Waals surface area contributed by atoms with Crippen molar-refractivity contribution < 1.29 is 4.79 Å². The molecule has 2 bridgehead atoms. The first-order valence-electron chi connectivity index (χ1n) is 12.6. The average molecular weight is 473 g/mol. The molecule has 34 heavy (non-hydrogen) atoms. The second-order valence-corrected chi connectivity index (χ2v) is 11.5. The number of rotatable bonds is 4. The maximum Gasteiger partial charge on any atom is 0.266 e. The molecule has 1 aliphatic carbocycles. The number of piperidine rings is 1. The van der Waals surface area contributed by atoms with Crippen LogP contribution in [0, 0.1) is 12.3 Å². The monoisotopic (exact) mass is 472 g/mol. The highest BCUT2D eigenvalue weighted by Crippen LogP contribution is 2.52. The van der Waals surface area contributed by atoms with Gasteiger partial charge < -0.3 is 10.2 Å². The van der Waals surface area contributed by atoms with Crippen LogP contribution in [0.2, 0.25) is 0 Å². The van der Waals surface area contributed by atoms with E-state index in [2.05, 4.69) is 52.5 Å². The lowest BCUT2D eigenvalue weighted by molar-refractivity contribution is 0.00344. The normalized spacial score (nSPS) is 30.2. The summed E-state index contributed by atoms with van der Waals surface area (Å²) < 4.78 is 0. The van der Waals surface area contributed by atoms with Crippen LogP contribution in [0.25, 0.3) is 10.7 Å². The number of carbonyl (C=O) groups excluding carboxylic acids is 1. The van der Waals surface area contributed by atoms with Gasteiger partial charge in [0.05, 0.1) is 17.4 Å². The summed E-state index contributed by atoms with van der Waals surface area (Å²) in [7, 11) is 0. The predicted molar refractivity (Wildman–Crippen MR) is 136 cm³/mol. The van der Waals surface area contributed by atoms with Gasteiger partial charge in [-0.3, -0.25) is 9.78 Å². The highest BCUT2D eigenvalue weighted by molar-refractivity contribution is 7.17. The second-order valence-electron chi connectivity index (χ2n) is 10.5. The third-order valence-corrected chi connectivity index (χ3v) is 9.58. The van der Waals surface area contributed by atoms with Crippen molar-refractivity contribution in [2.45, 2.75) is 76.5 Å². The largest absolute Gasteiger partial charge is 0.329 e. The Hall–Kier alpha value is -2.57. The van der Waals surface area contributed by atoms with Gasteiger partial charge in [0.1, 0.15) is 9.88 Å². The van der Waals surface area contributed by atoms with E-state index in [9.17, 15) is 4.79 Å². The summed E-state index contributed by atoms with van der Waals surface area (Å²) in [6, 6.07) is 17.7. The van der Waals surface area contributed by atoms with Crippen LogP contribution >= 0.6 is 11.3 Å². The minimum Gasteiger partial charge on any atom is -0.329 e.